The standard InChI is InChI=1S/C14H16F3N5O/c1-8-4-12(23)20-13(19-8)21-18-6-11-5-9(2)22(10(11)3)7-14(15,16)17/h4-6H,7H2,1-3H3,(H2,19,20,21,23)/b18-6+. The third-order valence-electron chi connectivity index (χ3n) is 3.19. The van der Waals surface area contributed by atoms with Crippen molar-refractivity contribution in [2.75, 3.05) is 5.43 Å². The van der Waals surface area contributed by atoms with Gasteiger partial charge in [0, 0.05) is 28.7 Å². The highest BCUT2D eigenvalue weighted by molar-refractivity contribution is 5.82. The molecule has 2 aromatic rings. The first-order valence-corrected chi connectivity index (χ1v) is 6.76. The lowest BCUT2D eigenvalue weighted by Crippen LogP contribution is -2.19. The van der Waals surface area contributed by atoms with Crippen LogP contribution in [0.1, 0.15) is 22.6 Å². The van der Waals surface area contributed by atoms with E-state index in [0.29, 0.717) is 22.6 Å². The van der Waals surface area contributed by atoms with Crippen LogP contribution in [-0.4, -0.2) is 26.9 Å². The summed E-state index contributed by atoms with van der Waals surface area (Å²) in [6.45, 7) is 3.81. The maximum Gasteiger partial charge on any atom is 0.406 e. The van der Waals surface area contributed by atoms with Crippen molar-refractivity contribution in [2.45, 2.75) is 33.5 Å². The van der Waals surface area contributed by atoms with Crippen molar-refractivity contribution in [1.29, 1.82) is 0 Å². The first-order chi connectivity index (χ1) is 10.7. The number of H-pyrrole nitrogens is 1. The number of rotatable bonds is 4. The lowest BCUT2D eigenvalue weighted by molar-refractivity contribution is -0.141. The van der Waals surface area contributed by atoms with Gasteiger partial charge < -0.3 is 4.57 Å². The fourth-order valence-corrected chi connectivity index (χ4v) is 2.18. The number of hydrogen-bond donors (Lipinski definition) is 2. The Labute approximate surface area is 130 Å². The number of nitrogens with zero attached hydrogens (tertiary/aromatic N) is 3. The molecule has 0 amide bonds. The van der Waals surface area contributed by atoms with Crippen LogP contribution in [0.25, 0.3) is 0 Å². The monoisotopic (exact) mass is 327 g/mol. The molecule has 0 saturated carbocycles. The van der Waals surface area contributed by atoms with Crippen molar-refractivity contribution in [2.24, 2.45) is 5.10 Å². The van der Waals surface area contributed by atoms with Crippen molar-refractivity contribution in [1.82, 2.24) is 14.5 Å². The number of anilines is 1. The van der Waals surface area contributed by atoms with E-state index >= 15 is 0 Å². The Kier molecular flexibility index (Phi) is 4.57. The second-order valence-corrected chi connectivity index (χ2v) is 5.13. The number of aromatic amines is 1. The summed E-state index contributed by atoms with van der Waals surface area (Å²) in [6.07, 6.45) is -2.90. The fourth-order valence-electron chi connectivity index (χ4n) is 2.18. The van der Waals surface area contributed by atoms with E-state index in [4.69, 9.17) is 0 Å². The molecule has 6 nitrogen and oxygen atoms in total. The summed E-state index contributed by atoms with van der Waals surface area (Å²) in [5.74, 6) is 0.162. The molecule has 2 aromatic heterocycles. The van der Waals surface area contributed by atoms with E-state index in [1.807, 2.05) is 0 Å². The molecule has 0 atom stereocenters. The number of nitrogens with one attached hydrogen (secondary N) is 2. The predicted octanol–water partition coefficient (Wildman–Crippen LogP) is 2.50. The Morgan fingerprint density at radius 3 is 2.65 bits per heavy atom. The number of hydrazone groups is 1. The highest BCUT2D eigenvalue weighted by atomic mass is 19.4. The number of aromatic nitrogens is 3. The topological polar surface area (TPSA) is 75.1 Å². The van der Waals surface area contributed by atoms with E-state index in [9.17, 15) is 18.0 Å². The maximum absolute atomic E-state index is 12.6. The summed E-state index contributed by atoms with van der Waals surface area (Å²) in [6, 6.07) is 2.94. The zero-order valence-corrected chi connectivity index (χ0v) is 12.8. The quantitative estimate of drug-likeness (QED) is 0.669. The van der Waals surface area contributed by atoms with E-state index in [1.54, 1.807) is 26.8 Å². The normalized spacial score (nSPS) is 12.1. The molecule has 0 aliphatic rings. The molecule has 0 fully saturated rings. The molecule has 0 saturated heterocycles. The molecule has 124 valence electrons. The van der Waals surface area contributed by atoms with Gasteiger partial charge in [0.25, 0.3) is 5.56 Å². The minimum atomic E-state index is -4.29. The first kappa shape index (κ1) is 16.8. The third-order valence-corrected chi connectivity index (χ3v) is 3.19. The summed E-state index contributed by atoms with van der Waals surface area (Å²) in [7, 11) is 0. The number of aryl methyl sites for hydroxylation is 2. The van der Waals surface area contributed by atoms with Crippen molar-refractivity contribution in [3.63, 3.8) is 0 Å². The molecule has 2 N–H and O–H groups in total. The van der Waals surface area contributed by atoms with Crippen molar-refractivity contribution < 1.29 is 13.2 Å². The van der Waals surface area contributed by atoms with Crippen LogP contribution in [-0.2, 0) is 6.54 Å². The molecule has 0 aliphatic carbocycles. The van der Waals surface area contributed by atoms with E-state index in [0.717, 1.165) is 0 Å². The van der Waals surface area contributed by atoms with Crippen LogP contribution < -0.4 is 11.0 Å². The highest BCUT2D eigenvalue weighted by Crippen LogP contribution is 2.22. The Balaban J connectivity index is 2.17. The summed E-state index contributed by atoms with van der Waals surface area (Å²) >= 11 is 0. The number of hydrogen-bond acceptors (Lipinski definition) is 4. The molecule has 0 aliphatic heterocycles. The van der Waals surface area contributed by atoms with Gasteiger partial charge in [0.05, 0.1) is 6.21 Å². The molecule has 0 unspecified atom stereocenters. The van der Waals surface area contributed by atoms with Crippen molar-refractivity contribution in [3.05, 3.63) is 45.1 Å². The Morgan fingerprint density at radius 2 is 2.04 bits per heavy atom. The summed E-state index contributed by atoms with van der Waals surface area (Å²) in [4.78, 5) is 17.8. The molecule has 9 heteroatoms. The average molecular weight is 327 g/mol. The molecule has 2 rings (SSSR count). The van der Waals surface area contributed by atoms with E-state index in [1.165, 1.54) is 16.8 Å². The van der Waals surface area contributed by atoms with Crippen LogP contribution in [0.5, 0.6) is 0 Å². The minimum absolute atomic E-state index is 0.162. The molecular formula is C14H16F3N5O. The van der Waals surface area contributed by atoms with Crippen LogP contribution in [0.4, 0.5) is 19.1 Å². The van der Waals surface area contributed by atoms with Gasteiger partial charge in [0.2, 0.25) is 5.95 Å². The fraction of sp³-hybridized carbons (Fsp3) is 0.357. The molecule has 0 spiro atoms. The van der Waals surface area contributed by atoms with Gasteiger partial charge in [-0.15, -0.1) is 0 Å². The summed E-state index contributed by atoms with van der Waals surface area (Å²) in [5.41, 5.74) is 4.25. The maximum atomic E-state index is 12.6. The smallest absolute Gasteiger partial charge is 0.339 e. The van der Waals surface area contributed by atoms with Gasteiger partial charge in [-0.05, 0) is 26.8 Å². The van der Waals surface area contributed by atoms with Crippen LogP contribution in [0, 0.1) is 20.8 Å². The van der Waals surface area contributed by atoms with Gasteiger partial charge in [0.15, 0.2) is 0 Å². The molecule has 0 radical (unpaired) electrons. The van der Waals surface area contributed by atoms with E-state index in [2.05, 4.69) is 20.5 Å². The summed E-state index contributed by atoms with van der Waals surface area (Å²) in [5, 5.41) is 3.90. The van der Waals surface area contributed by atoms with Crippen LogP contribution in [0.2, 0.25) is 0 Å². The number of alkyl halides is 3. The van der Waals surface area contributed by atoms with Crippen LogP contribution >= 0.6 is 0 Å². The SMILES string of the molecule is Cc1cc(=O)[nH]c(N/N=C/c2cc(C)n(CC(F)(F)F)c2C)n1. The van der Waals surface area contributed by atoms with Crippen LogP contribution in [0.3, 0.4) is 0 Å². The van der Waals surface area contributed by atoms with Gasteiger partial charge in [-0.2, -0.15) is 18.3 Å². The van der Waals surface area contributed by atoms with E-state index < -0.39 is 12.7 Å². The second-order valence-electron chi connectivity index (χ2n) is 5.13. The van der Waals surface area contributed by atoms with Gasteiger partial charge >= 0.3 is 6.18 Å². The van der Waals surface area contributed by atoms with Crippen molar-refractivity contribution >= 4 is 12.2 Å². The molecule has 0 aromatic carbocycles. The third kappa shape index (κ3) is 4.44. The molecule has 0 bridgehead atoms. The van der Waals surface area contributed by atoms with Gasteiger partial charge in [-0.3, -0.25) is 9.78 Å². The molecule has 23 heavy (non-hydrogen) atoms. The highest BCUT2D eigenvalue weighted by Gasteiger charge is 2.29. The van der Waals surface area contributed by atoms with E-state index in [-0.39, 0.29) is 11.5 Å². The molecule has 2 heterocycles. The molecular weight excluding hydrogens is 311 g/mol. The predicted molar refractivity (Wildman–Crippen MR) is 80.8 cm³/mol. The first-order valence-electron chi connectivity index (χ1n) is 6.76. The van der Waals surface area contributed by atoms with Gasteiger partial charge in [-0.25, -0.2) is 10.4 Å². The lowest BCUT2D eigenvalue weighted by atomic mass is 10.3. The number of halogens is 3. The Hall–Kier alpha value is -2.58. The van der Waals surface area contributed by atoms with Gasteiger partial charge in [0.1, 0.15) is 6.54 Å². The lowest BCUT2D eigenvalue weighted by Gasteiger charge is -2.12. The Bertz CT molecular complexity index is 789. The second kappa shape index (κ2) is 6.27. The largest absolute Gasteiger partial charge is 0.406 e. The minimum Gasteiger partial charge on any atom is -0.339 e. The zero-order chi connectivity index (χ0) is 17.2. The summed E-state index contributed by atoms with van der Waals surface area (Å²) < 4.78 is 38.8. The zero-order valence-electron chi connectivity index (χ0n) is 12.8. The van der Waals surface area contributed by atoms with Gasteiger partial charge in [-0.1, -0.05) is 0 Å². The van der Waals surface area contributed by atoms with Crippen LogP contribution in [0.15, 0.2) is 22.0 Å². The van der Waals surface area contributed by atoms with Crippen molar-refractivity contribution in [3.8, 4) is 0 Å². The Morgan fingerprint density at radius 1 is 1.35 bits per heavy atom. The average Bonchev–Trinajstić information content (AvgIpc) is 2.64.